The van der Waals surface area contributed by atoms with Gasteiger partial charge in [-0.3, -0.25) is 9.52 Å². The van der Waals surface area contributed by atoms with Gasteiger partial charge in [0.2, 0.25) is 15.9 Å². The minimum Gasteiger partial charge on any atom is -0.495 e. The molecule has 0 aliphatic carbocycles. The van der Waals surface area contributed by atoms with Gasteiger partial charge in [0.25, 0.3) is 10.0 Å². The number of anilines is 2. The number of hydrogen-bond donors (Lipinski definition) is 2. The predicted octanol–water partition coefficient (Wildman–Crippen LogP) is 3.35. The second-order valence-electron chi connectivity index (χ2n) is 7.48. The van der Waals surface area contributed by atoms with Crippen LogP contribution in [0.4, 0.5) is 11.4 Å². The van der Waals surface area contributed by atoms with Crippen molar-refractivity contribution in [3.8, 4) is 5.75 Å². The molecule has 2 aromatic rings. The first-order valence-electron chi connectivity index (χ1n) is 10.2. The fourth-order valence-corrected chi connectivity index (χ4v) is 6.85. The number of benzene rings is 2. The molecular formula is C21H27N3O6S3. The lowest BCUT2D eigenvalue weighted by molar-refractivity contribution is -0.114. The number of carbonyl (C=O) groups is 1. The highest BCUT2D eigenvalue weighted by Crippen LogP contribution is 2.33. The summed E-state index contributed by atoms with van der Waals surface area (Å²) in [5, 5.41) is 2.63. The van der Waals surface area contributed by atoms with Crippen LogP contribution in [-0.2, 0) is 24.8 Å². The van der Waals surface area contributed by atoms with Gasteiger partial charge in [-0.2, -0.15) is 4.31 Å². The molecule has 3 rings (SSSR count). The van der Waals surface area contributed by atoms with Crippen LogP contribution in [0.15, 0.2) is 51.1 Å². The number of thioether (sulfide) groups is 1. The summed E-state index contributed by atoms with van der Waals surface area (Å²) in [6, 6.07) is 8.53. The van der Waals surface area contributed by atoms with Crippen LogP contribution >= 0.6 is 11.8 Å². The molecule has 1 aliphatic rings. The van der Waals surface area contributed by atoms with Gasteiger partial charge in [-0.1, -0.05) is 6.42 Å². The summed E-state index contributed by atoms with van der Waals surface area (Å²) in [4.78, 5) is 12.0. The highest BCUT2D eigenvalue weighted by Gasteiger charge is 2.29. The molecule has 1 aliphatic heterocycles. The molecule has 0 spiro atoms. The summed E-state index contributed by atoms with van der Waals surface area (Å²) >= 11 is 1.37. The average Bonchev–Trinajstić information content (AvgIpc) is 2.79. The lowest BCUT2D eigenvalue weighted by Gasteiger charge is -2.26. The maximum atomic E-state index is 13.2. The van der Waals surface area contributed by atoms with Crippen molar-refractivity contribution < 1.29 is 26.4 Å². The van der Waals surface area contributed by atoms with Crippen LogP contribution in [0.25, 0.3) is 0 Å². The molecule has 0 bridgehead atoms. The molecule has 1 fully saturated rings. The quantitative estimate of drug-likeness (QED) is 0.519. The van der Waals surface area contributed by atoms with Gasteiger partial charge in [-0.25, -0.2) is 16.8 Å². The third-order valence-corrected chi connectivity index (χ3v) is 9.24. The summed E-state index contributed by atoms with van der Waals surface area (Å²) < 4.78 is 61.5. The van der Waals surface area contributed by atoms with Crippen LogP contribution < -0.4 is 14.8 Å². The number of hydrogen-bond acceptors (Lipinski definition) is 7. The summed E-state index contributed by atoms with van der Waals surface area (Å²) in [5.41, 5.74) is 0.461. The van der Waals surface area contributed by atoms with E-state index in [9.17, 15) is 21.6 Å². The third-order valence-electron chi connectivity index (χ3n) is 5.14. The largest absolute Gasteiger partial charge is 0.495 e. The average molecular weight is 514 g/mol. The standard InChI is InChI=1S/C21H27N3O6S3/c1-15(25)22-18-14-17(8-10-20(18)31-3)32(26,27)23-16-7-9-19(30-2)21(13-16)33(28,29)24-11-5-4-6-12-24/h7-10,13-14,23H,4-6,11-12H2,1-3H3,(H,22,25). The van der Waals surface area contributed by atoms with Crippen molar-refractivity contribution in [2.24, 2.45) is 0 Å². The Kier molecular flexibility index (Phi) is 7.93. The number of amides is 1. The van der Waals surface area contributed by atoms with Crippen LogP contribution in [0.2, 0.25) is 0 Å². The first-order chi connectivity index (χ1) is 15.6. The van der Waals surface area contributed by atoms with E-state index in [-0.39, 0.29) is 27.1 Å². The van der Waals surface area contributed by atoms with E-state index in [2.05, 4.69) is 10.0 Å². The van der Waals surface area contributed by atoms with E-state index in [1.165, 1.54) is 60.4 Å². The number of nitrogens with zero attached hydrogens (tertiary/aromatic N) is 1. The van der Waals surface area contributed by atoms with Crippen molar-refractivity contribution in [3.63, 3.8) is 0 Å². The van der Waals surface area contributed by atoms with Crippen molar-refractivity contribution in [1.82, 2.24) is 4.31 Å². The Hall–Kier alpha value is -2.28. The van der Waals surface area contributed by atoms with E-state index < -0.39 is 20.0 Å². The highest BCUT2D eigenvalue weighted by atomic mass is 32.2. The fraction of sp³-hybridized carbons (Fsp3) is 0.381. The number of piperidine rings is 1. The molecule has 1 heterocycles. The lowest BCUT2D eigenvalue weighted by Crippen LogP contribution is -2.35. The van der Waals surface area contributed by atoms with E-state index in [1.54, 1.807) is 6.07 Å². The van der Waals surface area contributed by atoms with E-state index >= 15 is 0 Å². The summed E-state index contributed by atoms with van der Waals surface area (Å²) in [7, 11) is -6.55. The number of sulfonamides is 2. The second-order valence-corrected chi connectivity index (χ2v) is 11.9. The Morgan fingerprint density at radius 1 is 1.03 bits per heavy atom. The first-order valence-corrected chi connectivity index (χ1v) is 14.4. The molecule has 0 aromatic heterocycles. The highest BCUT2D eigenvalue weighted by molar-refractivity contribution is 7.98. The molecule has 0 atom stereocenters. The van der Waals surface area contributed by atoms with Crippen LogP contribution in [0, 0.1) is 0 Å². The van der Waals surface area contributed by atoms with Crippen molar-refractivity contribution in [2.75, 3.05) is 36.5 Å². The zero-order chi connectivity index (χ0) is 24.2. The van der Waals surface area contributed by atoms with E-state index in [0.717, 1.165) is 19.3 Å². The van der Waals surface area contributed by atoms with Gasteiger partial charge >= 0.3 is 0 Å². The minimum atomic E-state index is -4.06. The minimum absolute atomic E-state index is 0.0692. The zero-order valence-corrected chi connectivity index (χ0v) is 21.1. The van der Waals surface area contributed by atoms with Gasteiger partial charge < -0.3 is 10.1 Å². The smallest absolute Gasteiger partial charge is 0.261 e. The second kappa shape index (κ2) is 10.3. The van der Waals surface area contributed by atoms with Crippen LogP contribution in [0.5, 0.6) is 5.75 Å². The number of ether oxygens (including phenoxy) is 1. The van der Waals surface area contributed by atoms with E-state index in [4.69, 9.17) is 4.74 Å². The fourth-order valence-electron chi connectivity index (χ4n) is 3.54. The van der Waals surface area contributed by atoms with Crippen molar-refractivity contribution in [2.45, 2.75) is 40.9 Å². The zero-order valence-electron chi connectivity index (χ0n) is 18.6. The van der Waals surface area contributed by atoms with E-state index in [1.807, 2.05) is 6.26 Å². The topological polar surface area (TPSA) is 122 Å². The number of nitrogens with one attached hydrogen (secondary N) is 2. The summed E-state index contributed by atoms with van der Waals surface area (Å²) in [5.74, 6) is -0.184. The predicted molar refractivity (Wildman–Crippen MR) is 129 cm³/mol. The normalized spacial score (nSPS) is 15.1. The maximum Gasteiger partial charge on any atom is 0.261 e. The number of rotatable bonds is 8. The van der Waals surface area contributed by atoms with Gasteiger partial charge in [0.15, 0.2) is 0 Å². The Labute approximate surface area is 199 Å². The van der Waals surface area contributed by atoms with Crippen molar-refractivity contribution in [3.05, 3.63) is 36.4 Å². The van der Waals surface area contributed by atoms with E-state index in [0.29, 0.717) is 23.7 Å². The van der Waals surface area contributed by atoms with Gasteiger partial charge in [-0.15, -0.1) is 11.8 Å². The van der Waals surface area contributed by atoms with Gasteiger partial charge in [-0.05, 0) is 55.5 Å². The first kappa shape index (κ1) is 25.3. The van der Waals surface area contributed by atoms with Crippen molar-refractivity contribution in [1.29, 1.82) is 0 Å². The molecule has 1 saturated heterocycles. The Balaban J connectivity index is 1.96. The van der Waals surface area contributed by atoms with Gasteiger partial charge in [0.05, 0.1) is 23.4 Å². The molecule has 1 amide bonds. The van der Waals surface area contributed by atoms with Crippen LogP contribution in [-0.4, -0.2) is 53.5 Å². The number of carbonyl (C=O) groups excluding carboxylic acids is 1. The third kappa shape index (κ3) is 5.81. The number of methoxy groups -OCH3 is 1. The Morgan fingerprint density at radius 3 is 2.33 bits per heavy atom. The Bertz CT molecular complexity index is 1240. The van der Waals surface area contributed by atoms with Crippen LogP contribution in [0.3, 0.4) is 0 Å². The van der Waals surface area contributed by atoms with Gasteiger partial charge in [0, 0.05) is 24.9 Å². The SMILES string of the molecule is COc1ccc(NS(=O)(=O)c2ccc(SC)c(NC(C)=O)c2)cc1S(=O)(=O)N1CCCCC1. The molecule has 0 radical (unpaired) electrons. The van der Waals surface area contributed by atoms with Crippen LogP contribution in [0.1, 0.15) is 26.2 Å². The molecule has 12 heteroatoms. The molecule has 2 N–H and O–H groups in total. The molecule has 9 nitrogen and oxygen atoms in total. The Morgan fingerprint density at radius 2 is 1.73 bits per heavy atom. The molecule has 2 aromatic carbocycles. The molecular weight excluding hydrogens is 486 g/mol. The lowest BCUT2D eigenvalue weighted by atomic mass is 10.2. The van der Waals surface area contributed by atoms with Gasteiger partial charge in [0.1, 0.15) is 10.6 Å². The van der Waals surface area contributed by atoms with Crippen molar-refractivity contribution >= 4 is 49.1 Å². The maximum absolute atomic E-state index is 13.2. The molecule has 180 valence electrons. The monoisotopic (exact) mass is 513 g/mol. The molecule has 0 saturated carbocycles. The molecule has 33 heavy (non-hydrogen) atoms. The summed E-state index contributed by atoms with van der Waals surface area (Å²) in [6.07, 6.45) is 4.33. The molecule has 0 unspecified atom stereocenters. The summed E-state index contributed by atoms with van der Waals surface area (Å²) in [6.45, 7) is 2.16.